The standard InChI is InChI=1S/C20H22ClN3O2S/c1-23(2)11-4-12-24(19(25)14-5-7-15(21)8-6-14)20-22-17-13-16(26-3)9-10-18(17)27-20/h5-10,13H,4,11-12H2,1-3H3/p+1. The van der Waals surface area contributed by atoms with E-state index in [9.17, 15) is 4.79 Å². The number of amides is 1. The maximum absolute atomic E-state index is 13.2. The van der Waals surface area contributed by atoms with Gasteiger partial charge in [-0.15, -0.1) is 0 Å². The van der Waals surface area contributed by atoms with Gasteiger partial charge in [-0.05, 0) is 36.4 Å². The zero-order valence-corrected chi connectivity index (χ0v) is 17.2. The largest absolute Gasteiger partial charge is 0.497 e. The fraction of sp³-hybridized carbons (Fsp3) is 0.300. The molecule has 5 nitrogen and oxygen atoms in total. The quantitative estimate of drug-likeness (QED) is 0.658. The number of hydrogen-bond donors (Lipinski definition) is 1. The van der Waals surface area contributed by atoms with Crippen LogP contribution in [0.3, 0.4) is 0 Å². The lowest BCUT2D eigenvalue weighted by Gasteiger charge is -2.20. The number of ether oxygens (including phenoxy) is 1. The summed E-state index contributed by atoms with van der Waals surface area (Å²) in [5, 5.41) is 1.31. The van der Waals surface area contributed by atoms with Gasteiger partial charge < -0.3 is 9.64 Å². The van der Waals surface area contributed by atoms with Crippen LogP contribution in [-0.2, 0) is 0 Å². The Balaban J connectivity index is 1.93. The lowest BCUT2D eigenvalue weighted by Crippen LogP contribution is -3.05. The Hall–Kier alpha value is -2.15. The summed E-state index contributed by atoms with van der Waals surface area (Å²) >= 11 is 7.48. The molecule has 142 valence electrons. The minimum absolute atomic E-state index is 0.0635. The molecule has 1 amide bonds. The molecule has 0 atom stereocenters. The zero-order chi connectivity index (χ0) is 19.4. The van der Waals surface area contributed by atoms with E-state index in [0.29, 0.717) is 22.3 Å². The van der Waals surface area contributed by atoms with E-state index in [0.717, 1.165) is 28.9 Å². The number of benzene rings is 2. The molecule has 7 heteroatoms. The summed E-state index contributed by atoms with van der Waals surface area (Å²) < 4.78 is 6.31. The fourth-order valence-electron chi connectivity index (χ4n) is 2.76. The van der Waals surface area contributed by atoms with Crippen LogP contribution in [0, 0.1) is 0 Å². The Morgan fingerprint density at radius 3 is 2.63 bits per heavy atom. The fourth-order valence-corrected chi connectivity index (χ4v) is 3.86. The molecular weight excluding hydrogens is 382 g/mol. The highest BCUT2D eigenvalue weighted by Crippen LogP contribution is 2.32. The topological polar surface area (TPSA) is 46.9 Å². The first-order chi connectivity index (χ1) is 13.0. The maximum Gasteiger partial charge on any atom is 0.260 e. The van der Waals surface area contributed by atoms with Crippen molar-refractivity contribution in [2.24, 2.45) is 0 Å². The minimum Gasteiger partial charge on any atom is -0.497 e. The van der Waals surface area contributed by atoms with Gasteiger partial charge in [0.2, 0.25) is 0 Å². The van der Waals surface area contributed by atoms with Crippen LogP contribution in [0.1, 0.15) is 16.8 Å². The van der Waals surface area contributed by atoms with E-state index in [1.807, 2.05) is 18.2 Å². The molecule has 2 aromatic carbocycles. The highest BCUT2D eigenvalue weighted by atomic mass is 35.5. The molecule has 1 N–H and O–H groups in total. The first kappa shape index (κ1) is 19.6. The van der Waals surface area contributed by atoms with Gasteiger partial charge in [-0.2, -0.15) is 0 Å². The lowest BCUT2D eigenvalue weighted by molar-refractivity contribution is -0.858. The van der Waals surface area contributed by atoms with E-state index in [2.05, 4.69) is 14.1 Å². The van der Waals surface area contributed by atoms with Gasteiger partial charge in [-0.1, -0.05) is 22.9 Å². The van der Waals surface area contributed by atoms with Crippen molar-refractivity contribution in [3.8, 4) is 5.75 Å². The summed E-state index contributed by atoms with van der Waals surface area (Å²) in [7, 11) is 5.85. The molecule has 0 aliphatic heterocycles. The van der Waals surface area contributed by atoms with Crippen LogP contribution in [0.15, 0.2) is 42.5 Å². The van der Waals surface area contributed by atoms with Gasteiger partial charge in [-0.3, -0.25) is 9.69 Å². The molecular formula is C20H23ClN3O2S+. The number of methoxy groups -OCH3 is 1. The molecule has 0 saturated heterocycles. The molecule has 3 rings (SSSR count). The molecule has 27 heavy (non-hydrogen) atoms. The van der Waals surface area contributed by atoms with Crippen molar-refractivity contribution in [2.75, 3.05) is 39.2 Å². The number of quaternary nitrogens is 1. The molecule has 0 spiro atoms. The SMILES string of the molecule is COc1ccc2sc(N(CCC[NH+](C)C)C(=O)c3ccc(Cl)cc3)nc2c1. The molecule has 1 aromatic heterocycles. The van der Waals surface area contributed by atoms with Crippen LogP contribution >= 0.6 is 22.9 Å². The van der Waals surface area contributed by atoms with Gasteiger partial charge in [0.1, 0.15) is 5.75 Å². The highest BCUT2D eigenvalue weighted by molar-refractivity contribution is 7.22. The number of carbonyl (C=O) groups is 1. The van der Waals surface area contributed by atoms with Gasteiger partial charge in [-0.25, -0.2) is 4.98 Å². The average molecular weight is 405 g/mol. The Kier molecular flexibility index (Phi) is 6.31. The lowest BCUT2D eigenvalue weighted by atomic mass is 10.2. The molecule has 0 aliphatic carbocycles. The summed E-state index contributed by atoms with van der Waals surface area (Å²) in [4.78, 5) is 21.0. The Morgan fingerprint density at radius 2 is 1.96 bits per heavy atom. The summed E-state index contributed by atoms with van der Waals surface area (Å²) in [5.41, 5.74) is 1.44. The number of fused-ring (bicyclic) bond motifs is 1. The monoisotopic (exact) mass is 404 g/mol. The van der Waals surface area contributed by atoms with E-state index in [-0.39, 0.29) is 5.91 Å². The van der Waals surface area contributed by atoms with Gasteiger partial charge in [0, 0.05) is 29.6 Å². The number of anilines is 1. The number of aromatic nitrogens is 1. The van der Waals surface area contributed by atoms with E-state index < -0.39 is 0 Å². The van der Waals surface area contributed by atoms with Crippen molar-refractivity contribution in [1.82, 2.24) is 4.98 Å². The molecule has 0 radical (unpaired) electrons. The van der Waals surface area contributed by atoms with Crippen LogP contribution < -0.4 is 14.5 Å². The second kappa shape index (κ2) is 8.69. The van der Waals surface area contributed by atoms with Crippen molar-refractivity contribution in [1.29, 1.82) is 0 Å². The number of rotatable bonds is 7. The Labute approximate surface area is 168 Å². The molecule has 0 unspecified atom stereocenters. The van der Waals surface area contributed by atoms with Crippen LogP contribution in [0.5, 0.6) is 5.75 Å². The van der Waals surface area contributed by atoms with Crippen molar-refractivity contribution >= 4 is 44.2 Å². The molecule has 1 heterocycles. The second-order valence-electron chi connectivity index (χ2n) is 6.60. The average Bonchev–Trinajstić information content (AvgIpc) is 3.07. The van der Waals surface area contributed by atoms with Gasteiger partial charge in [0.15, 0.2) is 5.13 Å². The van der Waals surface area contributed by atoms with E-state index >= 15 is 0 Å². The maximum atomic E-state index is 13.2. The number of thiazole rings is 1. The first-order valence-corrected chi connectivity index (χ1v) is 9.98. The van der Waals surface area contributed by atoms with Crippen molar-refractivity contribution in [3.05, 3.63) is 53.1 Å². The molecule has 0 saturated carbocycles. The van der Waals surface area contributed by atoms with Gasteiger partial charge in [0.25, 0.3) is 5.91 Å². The minimum atomic E-state index is -0.0635. The molecule has 0 fully saturated rings. The summed E-state index contributed by atoms with van der Waals surface area (Å²) in [5.74, 6) is 0.692. The third-order valence-corrected chi connectivity index (χ3v) is 5.52. The summed E-state index contributed by atoms with van der Waals surface area (Å²) in [6, 6.07) is 12.8. The number of halogens is 1. The molecule has 0 bridgehead atoms. The normalized spacial score (nSPS) is 11.1. The number of nitrogens with one attached hydrogen (secondary N) is 1. The highest BCUT2D eigenvalue weighted by Gasteiger charge is 2.21. The third-order valence-electron chi connectivity index (χ3n) is 4.21. The smallest absolute Gasteiger partial charge is 0.260 e. The Morgan fingerprint density at radius 1 is 1.22 bits per heavy atom. The molecule has 3 aromatic rings. The number of carbonyl (C=O) groups excluding carboxylic acids is 1. The van der Waals surface area contributed by atoms with Gasteiger partial charge in [0.05, 0.1) is 38.0 Å². The third kappa shape index (κ3) is 4.77. The second-order valence-corrected chi connectivity index (χ2v) is 8.05. The number of hydrogen-bond acceptors (Lipinski definition) is 4. The zero-order valence-electron chi connectivity index (χ0n) is 15.7. The van der Waals surface area contributed by atoms with Crippen LogP contribution in [0.25, 0.3) is 10.2 Å². The number of nitrogens with zero attached hydrogens (tertiary/aromatic N) is 2. The van der Waals surface area contributed by atoms with Gasteiger partial charge >= 0.3 is 0 Å². The predicted molar refractivity (Wildman–Crippen MR) is 112 cm³/mol. The van der Waals surface area contributed by atoms with Crippen LogP contribution in [-0.4, -0.2) is 45.2 Å². The Bertz CT molecular complexity index is 925. The van der Waals surface area contributed by atoms with E-state index in [1.165, 1.54) is 16.2 Å². The van der Waals surface area contributed by atoms with Crippen molar-refractivity contribution in [3.63, 3.8) is 0 Å². The van der Waals surface area contributed by atoms with E-state index in [1.54, 1.807) is 36.3 Å². The summed E-state index contributed by atoms with van der Waals surface area (Å²) in [6.07, 6.45) is 0.890. The van der Waals surface area contributed by atoms with Crippen molar-refractivity contribution in [2.45, 2.75) is 6.42 Å². The van der Waals surface area contributed by atoms with Crippen LogP contribution in [0.4, 0.5) is 5.13 Å². The van der Waals surface area contributed by atoms with E-state index in [4.69, 9.17) is 21.3 Å². The van der Waals surface area contributed by atoms with Crippen molar-refractivity contribution < 1.29 is 14.4 Å². The molecule has 0 aliphatic rings. The predicted octanol–water partition coefficient (Wildman–Crippen LogP) is 3.14. The summed E-state index contributed by atoms with van der Waals surface area (Å²) in [6.45, 7) is 1.59. The first-order valence-electron chi connectivity index (χ1n) is 8.79. The van der Waals surface area contributed by atoms with Crippen LogP contribution in [0.2, 0.25) is 5.02 Å².